The van der Waals surface area contributed by atoms with Crippen molar-refractivity contribution in [2.24, 2.45) is 0 Å². The van der Waals surface area contributed by atoms with Crippen LogP contribution in [0.4, 0.5) is 5.13 Å². The quantitative estimate of drug-likeness (QED) is 0.805. The number of aromatic nitrogens is 1. The molecule has 1 aliphatic heterocycles. The molecule has 1 atom stereocenters. The Bertz CT molecular complexity index is 839. The maximum atomic E-state index is 12.5. The van der Waals surface area contributed by atoms with Crippen molar-refractivity contribution in [3.63, 3.8) is 0 Å². The third-order valence-corrected chi connectivity index (χ3v) is 5.86. The molecule has 1 aliphatic rings. The summed E-state index contributed by atoms with van der Waals surface area (Å²) in [5.74, 6) is -0.149. The minimum Gasteiger partial charge on any atom is -0.358 e. The van der Waals surface area contributed by atoms with Crippen LogP contribution in [-0.4, -0.2) is 41.8 Å². The smallest absolute Gasteiger partial charge is 0.257 e. The largest absolute Gasteiger partial charge is 0.358 e. The second kappa shape index (κ2) is 8.41. The highest BCUT2D eigenvalue weighted by atomic mass is 32.1. The lowest BCUT2D eigenvalue weighted by atomic mass is 9.87. The van der Waals surface area contributed by atoms with Crippen LogP contribution in [0.5, 0.6) is 0 Å². The molecule has 0 bridgehead atoms. The van der Waals surface area contributed by atoms with Gasteiger partial charge in [0, 0.05) is 18.0 Å². The molecule has 0 aliphatic carbocycles. The third kappa shape index (κ3) is 4.77. The van der Waals surface area contributed by atoms with E-state index in [1.807, 2.05) is 29.6 Å². The summed E-state index contributed by atoms with van der Waals surface area (Å²) in [7, 11) is 1.65. The lowest BCUT2D eigenvalue weighted by molar-refractivity contribution is -0.122. The van der Waals surface area contributed by atoms with E-state index in [1.165, 1.54) is 16.9 Å². The lowest BCUT2D eigenvalue weighted by Gasteiger charge is -2.21. The van der Waals surface area contributed by atoms with Gasteiger partial charge in [0.05, 0.1) is 18.3 Å². The summed E-state index contributed by atoms with van der Waals surface area (Å²) in [6.07, 6.45) is 2.02. The fraction of sp³-hybridized carbons (Fsp3) is 0.476. The monoisotopic (exact) mass is 400 g/mol. The normalized spacial score (nSPS) is 17.5. The highest BCUT2D eigenvalue weighted by molar-refractivity contribution is 7.14. The van der Waals surface area contributed by atoms with Crippen molar-refractivity contribution < 1.29 is 9.59 Å². The zero-order valence-corrected chi connectivity index (χ0v) is 17.7. The van der Waals surface area contributed by atoms with Crippen LogP contribution < -0.4 is 10.6 Å². The summed E-state index contributed by atoms with van der Waals surface area (Å²) < 4.78 is 0. The number of anilines is 1. The van der Waals surface area contributed by atoms with Gasteiger partial charge in [0.25, 0.3) is 5.91 Å². The molecule has 3 rings (SSSR count). The van der Waals surface area contributed by atoms with Gasteiger partial charge in [-0.1, -0.05) is 32.9 Å². The molecule has 0 spiro atoms. The Morgan fingerprint density at radius 1 is 1.25 bits per heavy atom. The number of carbonyl (C=O) groups is 2. The molecule has 7 heteroatoms. The van der Waals surface area contributed by atoms with Crippen LogP contribution in [0.1, 0.15) is 61.3 Å². The van der Waals surface area contributed by atoms with Crippen LogP contribution in [0.3, 0.4) is 0 Å². The van der Waals surface area contributed by atoms with E-state index in [0.717, 1.165) is 25.1 Å². The molecule has 150 valence electrons. The molecular formula is C21H28N4O2S. The predicted octanol–water partition coefficient (Wildman–Crippen LogP) is 3.58. The van der Waals surface area contributed by atoms with Crippen LogP contribution in [0, 0.1) is 0 Å². The SMILES string of the molecule is CNC(=O)CN1CCC[C@@H]1c1csc(NC(=O)c2ccc(C(C)(C)C)cc2)n1. The standard InChI is InChI=1S/C21H28N4O2S/c1-21(2,3)15-9-7-14(8-10-15)19(27)24-20-23-16(13-28-20)17-6-5-11-25(17)12-18(26)22-4/h7-10,13,17H,5-6,11-12H2,1-4H3,(H,22,26)(H,23,24,27)/t17-/m1/s1. The first-order chi connectivity index (χ1) is 13.3. The Morgan fingerprint density at radius 2 is 1.96 bits per heavy atom. The zero-order chi connectivity index (χ0) is 20.3. The molecule has 1 aromatic carbocycles. The van der Waals surface area contributed by atoms with E-state index >= 15 is 0 Å². The van der Waals surface area contributed by atoms with Gasteiger partial charge < -0.3 is 5.32 Å². The molecule has 2 N–H and O–H groups in total. The number of thiazole rings is 1. The zero-order valence-electron chi connectivity index (χ0n) is 16.9. The van der Waals surface area contributed by atoms with E-state index in [2.05, 4.69) is 41.3 Å². The number of likely N-dealkylation sites (N-methyl/N-ethyl adjacent to an activating group) is 1. The van der Waals surface area contributed by atoms with Crippen LogP contribution in [0.2, 0.25) is 0 Å². The Labute approximate surface area is 170 Å². The van der Waals surface area contributed by atoms with Crippen molar-refractivity contribution in [3.8, 4) is 0 Å². The van der Waals surface area contributed by atoms with Gasteiger partial charge >= 0.3 is 0 Å². The van der Waals surface area contributed by atoms with Gasteiger partial charge in [0.2, 0.25) is 5.91 Å². The van der Waals surface area contributed by atoms with Gasteiger partial charge in [0.1, 0.15) is 0 Å². The average molecular weight is 401 g/mol. The second-order valence-electron chi connectivity index (χ2n) is 8.16. The van der Waals surface area contributed by atoms with Crippen molar-refractivity contribution in [2.75, 3.05) is 25.5 Å². The van der Waals surface area contributed by atoms with Crippen molar-refractivity contribution in [1.29, 1.82) is 0 Å². The van der Waals surface area contributed by atoms with E-state index in [9.17, 15) is 9.59 Å². The summed E-state index contributed by atoms with van der Waals surface area (Å²) in [6, 6.07) is 7.83. The summed E-state index contributed by atoms with van der Waals surface area (Å²) in [5, 5.41) is 8.14. The Morgan fingerprint density at radius 3 is 2.61 bits per heavy atom. The van der Waals surface area contributed by atoms with Gasteiger partial charge in [-0.3, -0.25) is 19.8 Å². The van der Waals surface area contributed by atoms with E-state index in [-0.39, 0.29) is 23.3 Å². The van der Waals surface area contributed by atoms with E-state index < -0.39 is 0 Å². The first-order valence-electron chi connectivity index (χ1n) is 9.60. The third-order valence-electron chi connectivity index (χ3n) is 5.09. The number of nitrogens with zero attached hydrogens (tertiary/aromatic N) is 2. The second-order valence-corrected chi connectivity index (χ2v) is 9.02. The highest BCUT2D eigenvalue weighted by Crippen LogP contribution is 2.33. The Hall–Kier alpha value is -2.25. The number of rotatable bonds is 5. The molecule has 1 fully saturated rings. The van der Waals surface area contributed by atoms with Gasteiger partial charge in [0.15, 0.2) is 5.13 Å². The number of benzene rings is 1. The average Bonchev–Trinajstić information content (AvgIpc) is 3.30. The molecule has 6 nitrogen and oxygen atoms in total. The maximum Gasteiger partial charge on any atom is 0.257 e. The van der Waals surface area contributed by atoms with Crippen molar-refractivity contribution in [2.45, 2.75) is 45.1 Å². The highest BCUT2D eigenvalue weighted by Gasteiger charge is 2.29. The van der Waals surface area contributed by atoms with Crippen LogP contribution in [0.15, 0.2) is 29.6 Å². The molecule has 0 saturated carbocycles. The summed E-state index contributed by atoms with van der Waals surface area (Å²) >= 11 is 1.42. The van der Waals surface area contributed by atoms with Gasteiger partial charge in [-0.25, -0.2) is 4.98 Å². The topological polar surface area (TPSA) is 74.3 Å². The molecule has 1 saturated heterocycles. The predicted molar refractivity (Wildman–Crippen MR) is 113 cm³/mol. The van der Waals surface area contributed by atoms with Crippen LogP contribution in [0.25, 0.3) is 0 Å². The molecule has 2 aromatic rings. The minimum atomic E-state index is -0.157. The first-order valence-corrected chi connectivity index (χ1v) is 10.5. The molecule has 2 heterocycles. The van der Waals surface area contributed by atoms with E-state index in [1.54, 1.807) is 7.05 Å². The number of amides is 2. The molecule has 28 heavy (non-hydrogen) atoms. The first kappa shape index (κ1) is 20.5. The summed E-state index contributed by atoms with van der Waals surface area (Å²) in [5.41, 5.74) is 2.79. The fourth-order valence-corrected chi connectivity index (χ4v) is 4.15. The van der Waals surface area contributed by atoms with Gasteiger partial charge in [-0.05, 0) is 42.5 Å². The minimum absolute atomic E-state index is 0.00867. The van der Waals surface area contributed by atoms with Crippen molar-refractivity contribution in [1.82, 2.24) is 15.2 Å². The van der Waals surface area contributed by atoms with Crippen LogP contribution in [-0.2, 0) is 10.2 Å². The fourth-order valence-electron chi connectivity index (χ4n) is 3.40. The summed E-state index contributed by atoms with van der Waals surface area (Å²) in [6.45, 7) is 7.71. The number of hydrogen-bond acceptors (Lipinski definition) is 5. The van der Waals surface area contributed by atoms with Gasteiger partial charge in [-0.15, -0.1) is 11.3 Å². The Kier molecular flexibility index (Phi) is 6.15. The van der Waals surface area contributed by atoms with E-state index in [4.69, 9.17) is 0 Å². The lowest BCUT2D eigenvalue weighted by Crippen LogP contribution is -2.35. The number of likely N-dealkylation sites (tertiary alicyclic amines) is 1. The number of hydrogen-bond donors (Lipinski definition) is 2. The Balaban J connectivity index is 1.65. The molecule has 0 radical (unpaired) electrons. The van der Waals surface area contributed by atoms with Gasteiger partial charge in [-0.2, -0.15) is 0 Å². The van der Waals surface area contributed by atoms with Crippen molar-refractivity contribution in [3.05, 3.63) is 46.5 Å². The molecule has 1 aromatic heterocycles. The number of carbonyl (C=O) groups excluding carboxylic acids is 2. The van der Waals surface area contributed by atoms with Crippen molar-refractivity contribution >= 4 is 28.3 Å². The van der Waals surface area contributed by atoms with E-state index in [0.29, 0.717) is 17.2 Å². The summed E-state index contributed by atoms with van der Waals surface area (Å²) in [4.78, 5) is 31.0. The van der Waals surface area contributed by atoms with Crippen LogP contribution >= 0.6 is 11.3 Å². The maximum absolute atomic E-state index is 12.5. The molecule has 2 amide bonds. The molecule has 0 unspecified atom stereocenters. The molecular weight excluding hydrogens is 372 g/mol. The number of nitrogens with one attached hydrogen (secondary N) is 2.